The van der Waals surface area contributed by atoms with Crippen LogP contribution < -0.4 is 5.32 Å². The zero-order valence-corrected chi connectivity index (χ0v) is 16.2. The number of nitrogens with one attached hydrogen (secondary N) is 1. The molecule has 0 spiro atoms. The van der Waals surface area contributed by atoms with Gasteiger partial charge in [0, 0.05) is 0 Å². The summed E-state index contributed by atoms with van der Waals surface area (Å²) in [5.74, 6) is 0.115. The van der Waals surface area contributed by atoms with Gasteiger partial charge in [-0.05, 0) is 55.8 Å². The van der Waals surface area contributed by atoms with Crippen LogP contribution in [0.2, 0.25) is 10.0 Å². The number of hydrogen-bond acceptors (Lipinski definition) is 5. The fourth-order valence-corrected chi connectivity index (χ4v) is 3.15. The molecule has 24 heavy (non-hydrogen) atoms. The molecule has 0 fully saturated rings. The van der Waals surface area contributed by atoms with E-state index in [1.165, 1.54) is 11.8 Å². The van der Waals surface area contributed by atoms with Crippen LogP contribution >= 0.6 is 35.0 Å². The molecule has 2 rings (SSSR count). The number of aromatic nitrogens is 4. The molecule has 0 aliphatic carbocycles. The van der Waals surface area contributed by atoms with E-state index in [1.807, 2.05) is 33.8 Å². The van der Waals surface area contributed by atoms with Crippen molar-refractivity contribution in [2.45, 2.75) is 44.4 Å². The van der Waals surface area contributed by atoms with Gasteiger partial charge < -0.3 is 5.32 Å². The summed E-state index contributed by atoms with van der Waals surface area (Å²) in [5.41, 5.74) is 0.651. The Bertz CT molecular complexity index is 729. The lowest BCUT2D eigenvalue weighted by molar-refractivity contribution is -0.119. The normalized spacial score (nSPS) is 12.9. The first-order chi connectivity index (χ1) is 11.2. The Morgan fingerprint density at radius 1 is 1.33 bits per heavy atom. The van der Waals surface area contributed by atoms with Gasteiger partial charge in [-0.15, -0.1) is 5.10 Å². The molecule has 1 aromatic carbocycles. The topological polar surface area (TPSA) is 72.7 Å². The minimum atomic E-state index is -0.240. The summed E-state index contributed by atoms with van der Waals surface area (Å²) in [5, 5.41) is 16.1. The maximum absolute atomic E-state index is 12.2. The molecule has 0 saturated carbocycles. The summed E-state index contributed by atoms with van der Waals surface area (Å²) in [6, 6.07) is 5.13. The minimum absolute atomic E-state index is 0.109. The molecule has 0 bridgehead atoms. The smallest absolute Gasteiger partial charge is 0.230 e. The zero-order valence-electron chi connectivity index (χ0n) is 13.9. The molecule has 1 N–H and O–H groups in total. The molecule has 1 amide bonds. The highest BCUT2D eigenvalue weighted by molar-refractivity contribution is 7.99. The van der Waals surface area contributed by atoms with E-state index in [1.54, 1.807) is 16.8 Å². The van der Waals surface area contributed by atoms with Gasteiger partial charge in [0.05, 0.1) is 27.4 Å². The predicted octanol–water partition coefficient (Wildman–Crippen LogP) is 3.70. The molecule has 0 aliphatic rings. The quantitative estimate of drug-likeness (QED) is 0.791. The Kier molecular flexibility index (Phi) is 6.11. The second-order valence-electron chi connectivity index (χ2n) is 6.30. The number of nitrogens with zero attached hydrogens (tertiary/aromatic N) is 4. The number of benzene rings is 1. The Morgan fingerprint density at radius 2 is 2.04 bits per heavy atom. The molecule has 1 atom stereocenters. The molecule has 130 valence electrons. The van der Waals surface area contributed by atoms with Gasteiger partial charge in [0.1, 0.15) is 0 Å². The molecule has 0 radical (unpaired) electrons. The van der Waals surface area contributed by atoms with Gasteiger partial charge in [-0.2, -0.15) is 0 Å². The highest BCUT2D eigenvalue weighted by atomic mass is 35.5. The monoisotopic (exact) mass is 387 g/mol. The van der Waals surface area contributed by atoms with Crippen molar-refractivity contribution in [1.29, 1.82) is 0 Å². The van der Waals surface area contributed by atoms with Crippen LogP contribution in [0.4, 0.5) is 0 Å². The standard InChI is InChI=1S/C15H19Cl2N5OS/c1-9(10-5-6-11(16)12(17)7-10)18-13(23)8-24-14-19-20-21-22(14)15(2,3)4/h5-7,9H,8H2,1-4H3,(H,18,23). The second kappa shape index (κ2) is 7.72. The lowest BCUT2D eigenvalue weighted by Gasteiger charge is -2.19. The van der Waals surface area contributed by atoms with E-state index >= 15 is 0 Å². The Hall–Kier alpha value is -1.31. The van der Waals surface area contributed by atoms with Crippen molar-refractivity contribution in [3.8, 4) is 0 Å². The lowest BCUT2D eigenvalue weighted by atomic mass is 10.1. The van der Waals surface area contributed by atoms with E-state index in [2.05, 4.69) is 20.8 Å². The van der Waals surface area contributed by atoms with Crippen LogP contribution in [0.25, 0.3) is 0 Å². The molecule has 0 aliphatic heterocycles. The molecule has 1 aromatic heterocycles. The van der Waals surface area contributed by atoms with Crippen LogP contribution in [0.15, 0.2) is 23.4 Å². The average Bonchev–Trinajstić information content (AvgIpc) is 2.96. The van der Waals surface area contributed by atoms with E-state index < -0.39 is 0 Å². The largest absolute Gasteiger partial charge is 0.349 e. The second-order valence-corrected chi connectivity index (χ2v) is 8.05. The predicted molar refractivity (Wildman–Crippen MR) is 96.6 cm³/mol. The number of tetrazole rings is 1. The van der Waals surface area contributed by atoms with E-state index in [0.29, 0.717) is 15.2 Å². The van der Waals surface area contributed by atoms with Crippen LogP contribution in [-0.4, -0.2) is 31.9 Å². The average molecular weight is 388 g/mol. The number of thioether (sulfide) groups is 1. The third-order valence-corrected chi connectivity index (χ3v) is 4.89. The summed E-state index contributed by atoms with van der Waals surface area (Å²) in [4.78, 5) is 12.2. The molecule has 9 heteroatoms. The highest BCUT2D eigenvalue weighted by Crippen LogP contribution is 2.26. The minimum Gasteiger partial charge on any atom is -0.349 e. The first-order valence-corrected chi connectivity index (χ1v) is 9.08. The van der Waals surface area contributed by atoms with Gasteiger partial charge in [-0.3, -0.25) is 4.79 Å². The fourth-order valence-electron chi connectivity index (χ4n) is 1.97. The van der Waals surface area contributed by atoms with Gasteiger partial charge in [-0.25, -0.2) is 4.68 Å². The lowest BCUT2D eigenvalue weighted by Crippen LogP contribution is -2.29. The molecular formula is C15H19Cl2N5OS. The fraction of sp³-hybridized carbons (Fsp3) is 0.467. The molecule has 6 nitrogen and oxygen atoms in total. The Labute approximate surface area is 155 Å². The van der Waals surface area contributed by atoms with Gasteiger partial charge in [0.15, 0.2) is 0 Å². The van der Waals surface area contributed by atoms with Gasteiger partial charge in [0.25, 0.3) is 0 Å². The highest BCUT2D eigenvalue weighted by Gasteiger charge is 2.21. The summed E-state index contributed by atoms with van der Waals surface area (Å²) in [6.45, 7) is 7.89. The van der Waals surface area contributed by atoms with Crippen molar-refractivity contribution in [3.63, 3.8) is 0 Å². The van der Waals surface area contributed by atoms with Gasteiger partial charge in [-0.1, -0.05) is 41.0 Å². The van der Waals surface area contributed by atoms with Crippen molar-refractivity contribution in [3.05, 3.63) is 33.8 Å². The molecule has 1 unspecified atom stereocenters. The van der Waals surface area contributed by atoms with Crippen LogP contribution in [0.5, 0.6) is 0 Å². The van der Waals surface area contributed by atoms with Crippen molar-refractivity contribution in [1.82, 2.24) is 25.5 Å². The van der Waals surface area contributed by atoms with Gasteiger partial charge >= 0.3 is 0 Å². The van der Waals surface area contributed by atoms with Crippen LogP contribution in [0.1, 0.15) is 39.3 Å². The van der Waals surface area contributed by atoms with Gasteiger partial charge in [0.2, 0.25) is 11.1 Å². The summed E-state index contributed by atoms with van der Waals surface area (Å²) < 4.78 is 1.70. The SMILES string of the molecule is CC(NC(=O)CSc1nnnn1C(C)(C)C)c1ccc(Cl)c(Cl)c1. The molecule has 0 saturated heterocycles. The maximum Gasteiger partial charge on any atom is 0.230 e. The third-order valence-electron chi connectivity index (χ3n) is 3.23. The Balaban J connectivity index is 1.94. The number of carbonyl (C=O) groups is 1. The van der Waals surface area contributed by atoms with E-state index in [-0.39, 0.29) is 23.2 Å². The first-order valence-electron chi connectivity index (χ1n) is 7.34. The van der Waals surface area contributed by atoms with E-state index in [9.17, 15) is 4.79 Å². The van der Waals surface area contributed by atoms with E-state index in [4.69, 9.17) is 23.2 Å². The van der Waals surface area contributed by atoms with Crippen molar-refractivity contribution in [2.75, 3.05) is 5.75 Å². The number of halogens is 2. The first kappa shape index (κ1) is 19.0. The number of rotatable bonds is 5. The number of carbonyl (C=O) groups excluding carboxylic acids is 1. The number of amides is 1. The van der Waals surface area contributed by atoms with E-state index in [0.717, 1.165) is 5.56 Å². The van der Waals surface area contributed by atoms with Crippen molar-refractivity contribution >= 4 is 40.9 Å². The Morgan fingerprint density at radius 3 is 2.67 bits per heavy atom. The van der Waals surface area contributed by atoms with Crippen LogP contribution in [0, 0.1) is 0 Å². The number of hydrogen-bond donors (Lipinski definition) is 1. The zero-order chi connectivity index (χ0) is 17.9. The summed E-state index contributed by atoms with van der Waals surface area (Å²) in [7, 11) is 0. The molecule has 2 aromatic rings. The van der Waals surface area contributed by atoms with Crippen LogP contribution in [0.3, 0.4) is 0 Å². The third kappa shape index (κ3) is 4.84. The van der Waals surface area contributed by atoms with Crippen LogP contribution in [-0.2, 0) is 10.3 Å². The van der Waals surface area contributed by atoms with Crippen molar-refractivity contribution < 1.29 is 4.79 Å². The van der Waals surface area contributed by atoms with Crippen molar-refractivity contribution in [2.24, 2.45) is 0 Å². The molecule has 1 heterocycles. The molecular weight excluding hydrogens is 369 g/mol. The summed E-state index contributed by atoms with van der Waals surface area (Å²) in [6.07, 6.45) is 0. The summed E-state index contributed by atoms with van der Waals surface area (Å²) >= 11 is 13.2. The maximum atomic E-state index is 12.2.